The van der Waals surface area contributed by atoms with Crippen molar-refractivity contribution in [3.63, 3.8) is 0 Å². The molecule has 1 aromatic carbocycles. The van der Waals surface area contributed by atoms with Crippen LogP contribution in [0.25, 0.3) is 5.70 Å². The molecule has 0 bridgehead atoms. The molecule has 0 saturated carbocycles. The molecule has 7 heteroatoms. The highest BCUT2D eigenvalue weighted by atomic mass is 32.2. The van der Waals surface area contributed by atoms with Gasteiger partial charge < -0.3 is 11.1 Å². The summed E-state index contributed by atoms with van der Waals surface area (Å²) in [6.07, 6.45) is 2.59. The lowest BCUT2D eigenvalue weighted by Crippen LogP contribution is -2.14. The predicted octanol–water partition coefficient (Wildman–Crippen LogP) is 0.492. The number of nitrogens with two attached hydrogens (primary N) is 1. The maximum absolute atomic E-state index is 9.19. The van der Waals surface area contributed by atoms with Crippen LogP contribution in [0.1, 0.15) is 5.56 Å². The molecule has 0 fully saturated rings. The Morgan fingerprint density at radius 2 is 1.89 bits per heavy atom. The zero-order valence-electron chi connectivity index (χ0n) is 10.6. The minimum Gasteiger partial charge on any atom is -0.384 e. The van der Waals surface area contributed by atoms with Crippen LogP contribution >= 0.6 is 0 Å². The zero-order valence-corrected chi connectivity index (χ0v) is 11.4. The van der Waals surface area contributed by atoms with E-state index in [1.807, 2.05) is 24.3 Å². The summed E-state index contributed by atoms with van der Waals surface area (Å²) in [7, 11) is -3.67. The smallest absolute Gasteiger partial charge is 0.261 e. The third kappa shape index (κ3) is 7.22. The summed E-state index contributed by atoms with van der Waals surface area (Å²) in [5, 5.41) is 3.29. The Labute approximate surface area is 112 Å². The molecule has 0 spiro atoms. The largest absolute Gasteiger partial charge is 0.384 e. The van der Waals surface area contributed by atoms with Crippen molar-refractivity contribution >= 4 is 21.7 Å². The zero-order chi connectivity index (χ0) is 14.3. The summed E-state index contributed by atoms with van der Waals surface area (Å²) in [5.41, 5.74) is 7.89. The van der Waals surface area contributed by atoms with Crippen LogP contribution in [0.5, 0.6) is 0 Å². The minimum atomic E-state index is -3.67. The average Bonchev–Trinajstić information content (AvgIpc) is 2.53. The summed E-state index contributed by atoms with van der Waals surface area (Å²) in [4.78, 5) is 4.15. The van der Waals surface area contributed by atoms with Gasteiger partial charge in [0.2, 0.25) is 0 Å². The van der Waals surface area contributed by atoms with E-state index in [0.29, 0.717) is 12.1 Å². The Balaban J connectivity index is 0.000000312. The summed E-state index contributed by atoms with van der Waals surface area (Å²) in [6.45, 7) is 1.57. The lowest BCUT2D eigenvalue weighted by atomic mass is 10.1. The van der Waals surface area contributed by atoms with Crippen molar-refractivity contribution in [1.82, 2.24) is 5.32 Å². The van der Waals surface area contributed by atoms with E-state index in [-0.39, 0.29) is 0 Å². The van der Waals surface area contributed by atoms with E-state index < -0.39 is 10.1 Å². The highest BCUT2D eigenvalue weighted by molar-refractivity contribution is 7.85. The van der Waals surface area contributed by atoms with Crippen molar-refractivity contribution in [3.8, 4) is 0 Å². The van der Waals surface area contributed by atoms with Gasteiger partial charge in [-0.3, -0.25) is 9.55 Å². The van der Waals surface area contributed by atoms with Gasteiger partial charge in [-0.2, -0.15) is 8.42 Å². The summed E-state index contributed by atoms with van der Waals surface area (Å²) < 4.78 is 25.9. The Bertz CT molecular complexity index is 557. The van der Waals surface area contributed by atoms with E-state index in [2.05, 4.69) is 22.4 Å². The monoisotopic (exact) mass is 283 g/mol. The molecule has 1 aromatic rings. The van der Waals surface area contributed by atoms with Crippen LogP contribution in [-0.4, -0.2) is 38.2 Å². The molecule has 0 amide bonds. The van der Waals surface area contributed by atoms with Crippen LogP contribution in [0.15, 0.2) is 41.4 Å². The molecule has 0 aliphatic carbocycles. The van der Waals surface area contributed by atoms with Crippen LogP contribution in [-0.2, 0) is 10.1 Å². The van der Waals surface area contributed by atoms with Gasteiger partial charge in [0.15, 0.2) is 0 Å². The topological polar surface area (TPSA) is 105 Å². The molecule has 0 atom stereocenters. The average molecular weight is 283 g/mol. The first-order valence-electron chi connectivity index (χ1n) is 5.59. The second kappa shape index (κ2) is 6.91. The molecule has 2 rings (SSSR count). The molecule has 104 valence electrons. The van der Waals surface area contributed by atoms with Crippen molar-refractivity contribution in [3.05, 3.63) is 42.0 Å². The highest BCUT2D eigenvalue weighted by Crippen LogP contribution is 2.11. The molecule has 19 heavy (non-hydrogen) atoms. The highest BCUT2D eigenvalue weighted by Gasteiger charge is 2.03. The van der Waals surface area contributed by atoms with Crippen LogP contribution in [0, 0.1) is 0 Å². The molecule has 0 unspecified atom stereocenters. The molecule has 0 saturated heterocycles. The fourth-order valence-electron chi connectivity index (χ4n) is 1.42. The minimum absolute atomic E-state index is 0.592. The fraction of sp³-hybridized carbons (Fsp3) is 0.250. The Hall–Kier alpha value is -1.86. The Morgan fingerprint density at radius 3 is 2.47 bits per heavy atom. The summed E-state index contributed by atoms with van der Waals surface area (Å²) in [6, 6.07) is 10.1. The van der Waals surface area contributed by atoms with E-state index in [1.165, 1.54) is 0 Å². The first-order chi connectivity index (χ1) is 8.86. The van der Waals surface area contributed by atoms with Crippen LogP contribution < -0.4 is 11.1 Å². The number of nitrogens with zero attached hydrogens (tertiary/aromatic N) is 1. The quantitative estimate of drug-likeness (QED) is 0.651. The molecule has 0 aromatic heterocycles. The lowest BCUT2D eigenvalue weighted by Gasteiger charge is -2.07. The third-order valence-electron chi connectivity index (χ3n) is 2.10. The molecule has 4 N–H and O–H groups in total. The predicted molar refractivity (Wildman–Crippen MR) is 76.4 cm³/mol. The summed E-state index contributed by atoms with van der Waals surface area (Å²) >= 11 is 0. The summed E-state index contributed by atoms with van der Waals surface area (Å²) in [5.74, 6) is 0.592. The molecule has 6 nitrogen and oxygen atoms in total. The van der Waals surface area contributed by atoms with Crippen molar-refractivity contribution in [1.29, 1.82) is 0 Å². The first-order valence-corrected chi connectivity index (χ1v) is 7.44. The van der Waals surface area contributed by atoms with Gasteiger partial charge in [-0.1, -0.05) is 30.3 Å². The molecular formula is C12H17N3O3S. The van der Waals surface area contributed by atoms with Gasteiger partial charge in [-0.15, -0.1) is 0 Å². The third-order valence-corrected chi connectivity index (χ3v) is 2.10. The first kappa shape index (κ1) is 15.2. The van der Waals surface area contributed by atoms with Gasteiger partial charge in [-0.05, 0) is 5.56 Å². The normalized spacial score (nSPS) is 15.1. The van der Waals surface area contributed by atoms with Crippen molar-refractivity contribution < 1.29 is 13.0 Å². The number of amidine groups is 1. The van der Waals surface area contributed by atoms with E-state index in [0.717, 1.165) is 24.4 Å². The van der Waals surface area contributed by atoms with Crippen LogP contribution in [0.2, 0.25) is 0 Å². The second-order valence-electron chi connectivity index (χ2n) is 3.89. The number of benzene rings is 1. The van der Waals surface area contributed by atoms with Crippen LogP contribution in [0.3, 0.4) is 0 Å². The van der Waals surface area contributed by atoms with Crippen LogP contribution in [0.4, 0.5) is 0 Å². The number of nitrogens with one attached hydrogen (secondary N) is 1. The van der Waals surface area contributed by atoms with Crippen molar-refractivity contribution in [2.75, 3.05) is 19.3 Å². The maximum Gasteiger partial charge on any atom is 0.261 e. The van der Waals surface area contributed by atoms with Gasteiger partial charge in [0.05, 0.1) is 12.8 Å². The second-order valence-corrected chi connectivity index (χ2v) is 5.36. The number of hydrogen-bond donors (Lipinski definition) is 3. The van der Waals surface area contributed by atoms with Gasteiger partial charge in [0, 0.05) is 18.3 Å². The molecule has 1 aliphatic heterocycles. The molecule has 1 aliphatic rings. The lowest BCUT2D eigenvalue weighted by molar-refractivity contribution is 0.490. The number of hydrogen-bond acceptors (Lipinski definition) is 5. The SMILES string of the molecule is CS(=O)(=O)O.NC1=NCCNC(c2ccccc2)=C1. The molecule has 0 radical (unpaired) electrons. The van der Waals surface area contributed by atoms with Crippen molar-refractivity contribution in [2.45, 2.75) is 0 Å². The van der Waals surface area contributed by atoms with Crippen molar-refractivity contribution in [2.24, 2.45) is 10.7 Å². The van der Waals surface area contributed by atoms with Gasteiger partial charge in [-0.25, -0.2) is 0 Å². The number of aliphatic imine (C=N–C) groups is 1. The van der Waals surface area contributed by atoms with E-state index >= 15 is 0 Å². The van der Waals surface area contributed by atoms with E-state index in [1.54, 1.807) is 0 Å². The van der Waals surface area contributed by atoms with Gasteiger partial charge in [0.1, 0.15) is 5.84 Å². The van der Waals surface area contributed by atoms with Gasteiger partial charge >= 0.3 is 0 Å². The standard InChI is InChI=1S/C11H13N3.CH4O3S/c12-11-8-10(13-6-7-14-11)9-4-2-1-3-5-9;1-5(2,3)4/h1-5,8,13H,6-7H2,(H2,12,14);1H3,(H,2,3,4). The maximum atomic E-state index is 9.19. The number of rotatable bonds is 1. The molecular weight excluding hydrogens is 266 g/mol. The molecule has 1 heterocycles. The Morgan fingerprint density at radius 1 is 1.32 bits per heavy atom. The Kier molecular flexibility index (Phi) is 5.53. The van der Waals surface area contributed by atoms with E-state index in [9.17, 15) is 8.42 Å². The fourth-order valence-corrected chi connectivity index (χ4v) is 1.42. The van der Waals surface area contributed by atoms with E-state index in [4.69, 9.17) is 10.3 Å². The van der Waals surface area contributed by atoms with Gasteiger partial charge in [0.25, 0.3) is 10.1 Å².